The quantitative estimate of drug-likeness (QED) is 0.657. The van der Waals surface area contributed by atoms with E-state index in [2.05, 4.69) is 19.1 Å². The van der Waals surface area contributed by atoms with E-state index in [4.69, 9.17) is 9.47 Å². The van der Waals surface area contributed by atoms with Crippen LogP contribution in [0.5, 0.6) is 0 Å². The monoisotopic (exact) mass is 178 g/mol. The summed E-state index contributed by atoms with van der Waals surface area (Å²) < 4.78 is 11.1. The molecule has 1 saturated heterocycles. The van der Waals surface area contributed by atoms with Crippen molar-refractivity contribution in [2.24, 2.45) is 0 Å². The smallest absolute Gasteiger partial charge is 0.184 e. The zero-order chi connectivity index (χ0) is 9.26. The van der Waals surface area contributed by atoms with Crippen LogP contribution in [0.2, 0.25) is 0 Å². The van der Waals surface area contributed by atoms with Crippen molar-refractivity contribution >= 4 is 0 Å². The van der Waals surface area contributed by atoms with Gasteiger partial charge >= 0.3 is 0 Å². The Bertz CT molecular complexity index is 296. The lowest BCUT2D eigenvalue weighted by atomic mass is 10.1. The molecule has 1 aliphatic rings. The summed E-state index contributed by atoms with van der Waals surface area (Å²) in [6, 6.07) is 8.24. The van der Waals surface area contributed by atoms with Crippen LogP contribution in [0.1, 0.15) is 24.3 Å². The summed E-state index contributed by atoms with van der Waals surface area (Å²) in [6.45, 7) is 4.79. The van der Waals surface area contributed by atoms with Gasteiger partial charge in [0.1, 0.15) is 0 Å². The standard InChI is InChI=1S/C11H14O2/c1-8-4-3-5-10(6-8)11-12-7-9(2)13-11/h3-6,9,11H,7H2,1-2H3. The molecule has 1 fully saturated rings. The van der Waals surface area contributed by atoms with Gasteiger partial charge in [-0.25, -0.2) is 0 Å². The molecule has 0 aliphatic carbocycles. The lowest BCUT2D eigenvalue weighted by Crippen LogP contribution is -2.02. The minimum absolute atomic E-state index is 0.158. The first-order chi connectivity index (χ1) is 6.25. The van der Waals surface area contributed by atoms with Crippen molar-refractivity contribution in [2.75, 3.05) is 6.61 Å². The van der Waals surface area contributed by atoms with Crippen LogP contribution < -0.4 is 0 Å². The van der Waals surface area contributed by atoms with E-state index in [1.165, 1.54) is 5.56 Å². The molecule has 0 saturated carbocycles. The van der Waals surface area contributed by atoms with E-state index in [9.17, 15) is 0 Å². The fourth-order valence-electron chi connectivity index (χ4n) is 1.50. The minimum Gasteiger partial charge on any atom is -0.346 e. The predicted molar refractivity (Wildman–Crippen MR) is 50.4 cm³/mol. The molecule has 2 heteroatoms. The summed E-state index contributed by atoms with van der Waals surface area (Å²) in [4.78, 5) is 0. The summed E-state index contributed by atoms with van der Waals surface area (Å²) in [5.41, 5.74) is 2.36. The normalized spacial score (nSPS) is 27.8. The molecule has 1 aliphatic heterocycles. The van der Waals surface area contributed by atoms with Gasteiger partial charge in [0, 0.05) is 5.56 Å². The maximum atomic E-state index is 5.58. The van der Waals surface area contributed by atoms with Crippen molar-refractivity contribution in [3.8, 4) is 0 Å². The number of rotatable bonds is 1. The van der Waals surface area contributed by atoms with Crippen LogP contribution >= 0.6 is 0 Å². The molecule has 1 aromatic rings. The van der Waals surface area contributed by atoms with Gasteiger partial charge in [-0.1, -0.05) is 29.8 Å². The van der Waals surface area contributed by atoms with E-state index in [0.29, 0.717) is 6.61 Å². The van der Waals surface area contributed by atoms with Crippen LogP contribution in [0.4, 0.5) is 0 Å². The van der Waals surface area contributed by atoms with Gasteiger partial charge in [0.15, 0.2) is 6.29 Å². The van der Waals surface area contributed by atoms with Gasteiger partial charge in [-0.3, -0.25) is 0 Å². The van der Waals surface area contributed by atoms with E-state index < -0.39 is 0 Å². The van der Waals surface area contributed by atoms with Crippen molar-refractivity contribution in [3.63, 3.8) is 0 Å². The second kappa shape index (κ2) is 3.48. The average Bonchev–Trinajstić information content (AvgIpc) is 2.52. The average molecular weight is 178 g/mol. The van der Waals surface area contributed by atoms with Crippen molar-refractivity contribution < 1.29 is 9.47 Å². The first-order valence-corrected chi connectivity index (χ1v) is 4.59. The SMILES string of the molecule is Cc1cccc(C2OCC(C)O2)c1. The molecule has 0 spiro atoms. The molecule has 2 nitrogen and oxygen atoms in total. The van der Waals surface area contributed by atoms with Crippen LogP contribution in [-0.4, -0.2) is 12.7 Å². The van der Waals surface area contributed by atoms with E-state index >= 15 is 0 Å². The Morgan fingerprint density at radius 3 is 2.85 bits per heavy atom. The Morgan fingerprint density at radius 1 is 1.38 bits per heavy atom. The molecule has 2 atom stereocenters. The number of hydrogen-bond acceptors (Lipinski definition) is 2. The van der Waals surface area contributed by atoms with Gasteiger partial charge in [0.05, 0.1) is 12.7 Å². The lowest BCUT2D eigenvalue weighted by molar-refractivity contribution is -0.0572. The van der Waals surface area contributed by atoms with Crippen molar-refractivity contribution in [1.82, 2.24) is 0 Å². The van der Waals surface area contributed by atoms with Gasteiger partial charge in [-0.15, -0.1) is 0 Å². The Balaban J connectivity index is 2.16. The fourth-order valence-corrected chi connectivity index (χ4v) is 1.50. The first kappa shape index (κ1) is 8.73. The molecule has 2 unspecified atom stereocenters. The third-order valence-electron chi connectivity index (χ3n) is 2.15. The van der Waals surface area contributed by atoms with Gasteiger partial charge in [-0.05, 0) is 13.8 Å². The molecule has 0 radical (unpaired) electrons. The molecule has 0 aromatic heterocycles. The zero-order valence-corrected chi connectivity index (χ0v) is 7.99. The molecule has 0 amide bonds. The number of hydrogen-bond donors (Lipinski definition) is 0. The van der Waals surface area contributed by atoms with Gasteiger partial charge in [-0.2, -0.15) is 0 Å². The minimum atomic E-state index is -0.158. The Hall–Kier alpha value is -0.860. The highest BCUT2D eigenvalue weighted by molar-refractivity contribution is 5.23. The third kappa shape index (κ3) is 1.90. The predicted octanol–water partition coefficient (Wildman–Crippen LogP) is 2.43. The van der Waals surface area contributed by atoms with Crippen LogP contribution in [0.15, 0.2) is 24.3 Å². The van der Waals surface area contributed by atoms with Crippen LogP contribution in [-0.2, 0) is 9.47 Å². The number of benzene rings is 1. The van der Waals surface area contributed by atoms with E-state index in [-0.39, 0.29) is 12.4 Å². The molecule has 1 heterocycles. The topological polar surface area (TPSA) is 18.5 Å². The molecule has 70 valence electrons. The highest BCUT2D eigenvalue weighted by atomic mass is 16.7. The van der Waals surface area contributed by atoms with Crippen molar-refractivity contribution in [1.29, 1.82) is 0 Å². The Morgan fingerprint density at radius 2 is 2.23 bits per heavy atom. The third-order valence-corrected chi connectivity index (χ3v) is 2.15. The molecule has 13 heavy (non-hydrogen) atoms. The van der Waals surface area contributed by atoms with Gasteiger partial charge in [0.25, 0.3) is 0 Å². The summed E-state index contributed by atoms with van der Waals surface area (Å²) in [5, 5.41) is 0. The van der Waals surface area contributed by atoms with E-state index in [0.717, 1.165) is 5.56 Å². The largest absolute Gasteiger partial charge is 0.346 e. The van der Waals surface area contributed by atoms with Crippen molar-refractivity contribution in [3.05, 3.63) is 35.4 Å². The number of aryl methyl sites for hydroxylation is 1. The van der Waals surface area contributed by atoms with Crippen LogP contribution in [0, 0.1) is 6.92 Å². The number of ether oxygens (including phenoxy) is 2. The maximum absolute atomic E-state index is 5.58. The summed E-state index contributed by atoms with van der Waals surface area (Å²) in [5.74, 6) is 0. The molecular formula is C11H14O2. The van der Waals surface area contributed by atoms with E-state index in [1.807, 2.05) is 19.1 Å². The van der Waals surface area contributed by atoms with Crippen LogP contribution in [0.25, 0.3) is 0 Å². The molecule has 2 rings (SSSR count). The molecule has 0 N–H and O–H groups in total. The Labute approximate surface area is 78.5 Å². The van der Waals surface area contributed by atoms with Gasteiger partial charge in [0.2, 0.25) is 0 Å². The first-order valence-electron chi connectivity index (χ1n) is 4.59. The fraction of sp³-hybridized carbons (Fsp3) is 0.455. The van der Waals surface area contributed by atoms with E-state index in [1.54, 1.807) is 0 Å². The molecular weight excluding hydrogens is 164 g/mol. The molecule has 1 aromatic carbocycles. The van der Waals surface area contributed by atoms with Gasteiger partial charge < -0.3 is 9.47 Å². The maximum Gasteiger partial charge on any atom is 0.184 e. The highest BCUT2D eigenvalue weighted by Gasteiger charge is 2.23. The lowest BCUT2D eigenvalue weighted by Gasteiger charge is -2.10. The van der Waals surface area contributed by atoms with Crippen LogP contribution in [0.3, 0.4) is 0 Å². The molecule has 0 bridgehead atoms. The zero-order valence-electron chi connectivity index (χ0n) is 7.99. The second-order valence-electron chi connectivity index (χ2n) is 3.53. The highest BCUT2D eigenvalue weighted by Crippen LogP contribution is 2.26. The summed E-state index contributed by atoms with van der Waals surface area (Å²) in [7, 11) is 0. The Kier molecular flexibility index (Phi) is 2.34. The second-order valence-corrected chi connectivity index (χ2v) is 3.53. The van der Waals surface area contributed by atoms with Crippen molar-refractivity contribution in [2.45, 2.75) is 26.2 Å². The summed E-state index contributed by atoms with van der Waals surface area (Å²) >= 11 is 0. The summed E-state index contributed by atoms with van der Waals surface area (Å²) in [6.07, 6.45) is 0.0559.